The zero-order valence-electron chi connectivity index (χ0n) is 25.5. The van der Waals surface area contributed by atoms with Gasteiger partial charge in [0.25, 0.3) is 0 Å². The van der Waals surface area contributed by atoms with Gasteiger partial charge in [-0.05, 0) is 58.7 Å². The molecule has 0 spiro atoms. The first-order chi connectivity index (χ1) is 21.5. The summed E-state index contributed by atoms with van der Waals surface area (Å²) in [5.41, 5.74) is 2.86. The van der Waals surface area contributed by atoms with Crippen molar-refractivity contribution in [1.29, 1.82) is 0 Å². The van der Waals surface area contributed by atoms with Crippen molar-refractivity contribution >= 4 is 11.6 Å². The lowest BCUT2D eigenvalue weighted by atomic mass is 9.79. The Morgan fingerprint density at radius 2 is 1.25 bits per heavy atom. The predicted octanol–water partition coefficient (Wildman–Crippen LogP) is 6.89. The average molecular weight is 619 g/mol. The van der Waals surface area contributed by atoms with Crippen LogP contribution in [0.15, 0.2) is 103 Å². The molecule has 1 saturated heterocycles. The second-order valence-corrected chi connectivity index (χ2v) is 11.1. The predicted molar refractivity (Wildman–Crippen MR) is 169 cm³/mol. The van der Waals surface area contributed by atoms with Gasteiger partial charge in [0.2, 0.25) is 0 Å². The summed E-state index contributed by atoms with van der Waals surface area (Å²) >= 11 is 6.11. The van der Waals surface area contributed by atoms with Gasteiger partial charge in [0.15, 0.2) is 6.29 Å². The fraction of sp³-hybridized carbons (Fsp3) is 0.333. The number of benzene rings is 4. The molecule has 4 aromatic carbocycles. The van der Waals surface area contributed by atoms with E-state index in [1.807, 2.05) is 91.0 Å². The normalized spacial score (nSPS) is 20.0. The van der Waals surface area contributed by atoms with Crippen LogP contribution in [-0.4, -0.2) is 60.2 Å². The molecule has 0 bridgehead atoms. The Labute approximate surface area is 264 Å². The summed E-state index contributed by atoms with van der Waals surface area (Å²) in [7, 11) is 6.61. The van der Waals surface area contributed by atoms with Crippen LogP contribution in [0, 0.1) is 5.92 Å². The van der Waals surface area contributed by atoms with E-state index in [4.69, 9.17) is 44.8 Å². The van der Waals surface area contributed by atoms with Gasteiger partial charge in [-0.3, -0.25) is 0 Å². The quantitative estimate of drug-likeness (QED) is 0.143. The smallest absolute Gasteiger partial charge is 0.165 e. The lowest BCUT2D eigenvalue weighted by molar-refractivity contribution is -0.152. The molecule has 0 saturated carbocycles. The molecule has 0 aromatic heterocycles. The second kappa shape index (κ2) is 15.0. The average Bonchev–Trinajstić information content (AvgIpc) is 3.41. The molecule has 0 aliphatic carbocycles. The van der Waals surface area contributed by atoms with Crippen LogP contribution in [0.3, 0.4) is 0 Å². The molecule has 5 rings (SSSR count). The molecule has 0 N–H and O–H groups in total. The minimum absolute atomic E-state index is 0.261. The number of methoxy groups -OCH3 is 4. The van der Waals surface area contributed by atoms with Gasteiger partial charge >= 0.3 is 0 Å². The minimum atomic E-state index is -0.988. The summed E-state index contributed by atoms with van der Waals surface area (Å²) in [6.45, 7) is 0.985. The zero-order chi connectivity index (χ0) is 30.9. The highest BCUT2D eigenvalue weighted by Crippen LogP contribution is 2.43. The molecule has 4 atom stereocenters. The van der Waals surface area contributed by atoms with E-state index in [0.29, 0.717) is 18.2 Å². The van der Waals surface area contributed by atoms with Gasteiger partial charge in [0.05, 0.1) is 46.1 Å². The molecular weight excluding hydrogens is 580 g/mol. The first-order valence-corrected chi connectivity index (χ1v) is 14.9. The van der Waals surface area contributed by atoms with Crippen molar-refractivity contribution in [2.75, 3.05) is 41.7 Å². The van der Waals surface area contributed by atoms with Gasteiger partial charge in [-0.15, -0.1) is 0 Å². The molecule has 1 aliphatic heterocycles. The summed E-state index contributed by atoms with van der Waals surface area (Å²) in [4.78, 5) is 0. The van der Waals surface area contributed by atoms with E-state index in [9.17, 15) is 0 Å². The lowest BCUT2D eigenvalue weighted by Gasteiger charge is -2.38. The Kier molecular flexibility index (Phi) is 10.9. The van der Waals surface area contributed by atoms with Gasteiger partial charge < -0.3 is 33.2 Å². The van der Waals surface area contributed by atoms with E-state index in [1.54, 1.807) is 28.4 Å². The Morgan fingerprint density at radius 1 is 0.682 bits per heavy atom. The van der Waals surface area contributed by atoms with Crippen molar-refractivity contribution in [2.45, 2.75) is 30.7 Å². The van der Waals surface area contributed by atoms with Gasteiger partial charge in [0, 0.05) is 19.2 Å². The van der Waals surface area contributed by atoms with E-state index >= 15 is 0 Å². The van der Waals surface area contributed by atoms with Crippen molar-refractivity contribution in [2.24, 2.45) is 5.92 Å². The third kappa shape index (κ3) is 6.94. The van der Waals surface area contributed by atoms with Crippen LogP contribution in [0.2, 0.25) is 5.02 Å². The van der Waals surface area contributed by atoms with Gasteiger partial charge in [-0.1, -0.05) is 78.3 Å². The maximum absolute atomic E-state index is 7.20. The van der Waals surface area contributed by atoms with E-state index in [2.05, 4.69) is 12.1 Å². The molecule has 1 heterocycles. The van der Waals surface area contributed by atoms with Crippen molar-refractivity contribution in [3.63, 3.8) is 0 Å². The molecule has 8 heteroatoms. The monoisotopic (exact) mass is 618 g/mol. The summed E-state index contributed by atoms with van der Waals surface area (Å²) in [6, 6.07) is 33.8. The first-order valence-electron chi connectivity index (χ1n) is 14.5. The highest BCUT2D eigenvalue weighted by atomic mass is 35.5. The lowest BCUT2D eigenvalue weighted by Crippen LogP contribution is -2.40. The second-order valence-electron chi connectivity index (χ2n) is 10.6. The molecule has 0 amide bonds. The fourth-order valence-electron chi connectivity index (χ4n) is 5.78. The molecule has 232 valence electrons. The fourth-order valence-corrected chi connectivity index (χ4v) is 5.91. The van der Waals surface area contributed by atoms with Gasteiger partial charge in [0.1, 0.15) is 23.2 Å². The number of hydrogen-bond acceptors (Lipinski definition) is 7. The maximum Gasteiger partial charge on any atom is 0.165 e. The molecule has 1 fully saturated rings. The van der Waals surface area contributed by atoms with Crippen LogP contribution in [-0.2, 0) is 35.9 Å². The van der Waals surface area contributed by atoms with E-state index in [-0.39, 0.29) is 24.7 Å². The molecule has 4 aromatic rings. The van der Waals surface area contributed by atoms with E-state index in [1.165, 1.54) is 0 Å². The molecule has 7 nitrogen and oxygen atoms in total. The van der Waals surface area contributed by atoms with Crippen LogP contribution in [0.5, 0.6) is 11.5 Å². The van der Waals surface area contributed by atoms with Crippen molar-refractivity contribution in [3.8, 4) is 11.5 Å². The van der Waals surface area contributed by atoms with E-state index < -0.39 is 11.9 Å². The van der Waals surface area contributed by atoms with Gasteiger partial charge in [-0.25, -0.2) is 0 Å². The summed E-state index contributed by atoms with van der Waals surface area (Å²) in [6.07, 6.45) is -1.28. The number of rotatable bonds is 14. The van der Waals surface area contributed by atoms with Crippen LogP contribution in [0.4, 0.5) is 0 Å². The van der Waals surface area contributed by atoms with Gasteiger partial charge in [-0.2, -0.15) is 0 Å². The minimum Gasteiger partial charge on any atom is -0.497 e. The summed E-state index contributed by atoms with van der Waals surface area (Å²) < 4.78 is 42.4. The third-order valence-corrected chi connectivity index (χ3v) is 8.28. The van der Waals surface area contributed by atoms with Crippen LogP contribution in [0.1, 0.15) is 22.3 Å². The van der Waals surface area contributed by atoms with E-state index in [0.717, 1.165) is 33.8 Å². The molecule has 0 radical (unpaired) electrons. The SMILES string of the molecule is COC[C@H]1O[C@H](OC)[C@@H](COC(c2ccccc2)(c2ccc(OC)cc2)c2ccc(OC)cc2)[C@@H]1OCc1ccc(Cl)cc1. The standard InChI is InChI=1S/C36H39ClO7/c1-38-24-33-34(42-22-25-10-16-29(37)17-11-25)32(35(41-4)44-33)23-43-36(26-8-6-5-7-9-26,27-12-18-30(39-2)19-13-27)28-14-20-31(40-3)21-15-28/h5-21,32-35H,22-24H2,1-4H3/t32-,33+,34-,35-/m0/s1. The Bertz CT molecular complexity index is 1380. The number of ether oxygens (including phenoxy) is 7. The van der Waals surface area contributed by atoms with Crippen LogP contribution < -0.4 is 9.47 Å². The first kappa shape index (κ1) is 32.0. The Balaban J connectivity index is 1.55. The summed E-state index contributed by atoms with van der Waals surface area (Å²) in [5, 5.41) is 0.676. The van der Waals surface area contributed by atoms with Crippen molar-refractivity contribution < 1.29 is 33.2 Å². The topological polar surface area (TPSA) is 64.6 Å². The van der Waals surface area contributed by atoms with Crippen LogP contribution >= 0.6 is 11.6 Å². The molecule has 0 unspecified atom stereocenters. The summed E-state index contributed by atoms with van der Waals surface area (Å²) in [5.74, 6) is 1.24. The molecular formula is C36H39ClO7. The van der Waals surface area contributed by atoms with Crippen LogP contribution in [0.25, 0.3) is 0 Å². The Morgan fingerprint density at radius 3 is 1.77 bits per heavy atom. The Hall–Kier alpha value is -3.43. The molecule has 1 aliphatic rings. The highest BCUT2D eigenvalue weighted by molar-refractivity contribution is 6.30. The zero-order valence-corrected chi connectivity index (χ0v) is 26.2. The molecule has 44 heavy (non-hydrogen) atoms. The number of halogens is 1. The van der Waals surface area contributed by atoms with Crippen molar-refractivity contribution in [1.82, 2.24) is 0 Å². The van der Waals surface area contributed by atoms with Crippen molar-refractivity contribution in [3.05, 3.63) is 130 Å². The third-order valence-electron chi connectivity index (χ3n) is 8.03. The number of hydrogen-bond donors (Lipinski definition) is 0. The maximum atomic E-state index is 7.20. The largest absolute Gasteiger partial charge is 0.497 e. The highest BCUT2D eigenvalue weighted by Gasteiger charge is 2.48.